The summed E-state index contributed by atoms with van der Waals surface area (Å²) in [5, 5.41) is 13.0. The van der Waals surface area contributed by atoms with Crippen molar-refractivity contribution in [3.63, 3.8) is 0 Å². The molecule has 0 bridgehead atoms. The Bertz CT molecular complexity index is 1810. The Kier molecular flexibility index (Phi) is 6.94. The maximum Gasteiger partial charge on any atom is 0.308 e. The fraction of sp³-hybridized carbons (Fsp3) is 0.143. The number of nitro benzene ring substituents is 1. The number of carbonyl (C=O) groups is 3. The van der Waals surface area contributed by atoms with Gasteiger partial charge in [-0.05, 0) is 54.1 Å². The van der Waals surface area contributed by atoms with Gasteiger partial charge in [-0.1, -0.05) is 35.2 Å². The Morgan fingerprint density at radius 2 is 1.52 bits per heavy atom. The highest BCUT2D eigenvalue weighted by atomic mass is 32.2. The van der Waals surface area contributed by atoms with Crippen LogP contribution in [0.2, 0.25) is 0 Å². The maximum absolute atomic E-state index is 13.8. The highest BCUT2D eigenvalue weighted by Crippen LogP contribution is 2.53. The number of thioether (sulfide) groups is 1. The van der Waals surface area contributed by atoms with Crippen LogP contribution < -0.4 is 15.1 Å². The van der Waals surface area contributed by atoms with E-state index in [9.17, 15) is 38.1 Å². The van der Waals surface area contributed by atoms with E-state index in [1.807, 2.05) is 0 Å². The summed E-state index contributed by atoms with van der Waals surface area (Å²) in [5.41, 5.74) is 0.774. The number of hydrogen-bond donors (Lipinski definition) is 1. The summed E-state index contributed by atoms with van der Waals surface area (Å²) in [7, 11) is 0. The van der Waals surface area contributed by atoms with E-state index in [0.717, 1.165) is 28.0 Å². The van der Waals surface area contributed by atoms with Gasteiger partial charge in [0.25, 0.3) is 5.69 Å². The van der Waals surface area contributed by atoms with Crippen molar-refractivity contribution in [3.8, 4) is 0 Å². The molecule has 0 saturated carbocycles. The number of aromatic nitrogens is 1. The van der Waals surface area contributed by atoms with Gasteiger partial charge in [-0.25, -0.2) is 13.7 Å². The topological polar surface area (TPSA) is 132 Å². The summed E-state index contributed by atoms with van der Waals surface area (Å²) >= 11 is 1.83. The SMILES string of the molecule is O=C(Cn1c2c(sc1=O)[C@@H](c1ccc(F)cc1)[C@H]1C(=O)N(c3ccc([N+](=O)[O-])cc3)C(=O)[C@H]1S2)Nc1ccc(F)cc1. The van der Waals surface area contributed by atoms with Gasteiger partial charge in [0.05, 0.1) is 21.6 Å². The molecule has 1 aromatic heterocycles. The minimum Gasteiger partial charge on any atom is -0.325 e. The molecule has 0 radical (unpaired) electrons. The van der Waals surface area contributed by atoms with Crippen LogP contribution >= 0.6 is 23.1 Å². The first-order chi connectivity index (χ1) is 20.1. The molecule has 2 aliphatic heterocycles. The van der Waals surface area contributed by atoms with Crippen molar-refractivity contribution >= 4 is 57.9 Å². The quantitative estimate of drug-likeness (QED) is 0.193. The van der Waals surface area contributed by atoms with Crippen LogP contribution in [-0.4, -0.2) is 32.5 Å². The summed E-state index contributed by atoms with van der Waals surface area (Å²) < 4.78 is 28.3. The molecular formula is C28H18F2N4O6S2. The molecule has 42 heavy (non-hydrogen) atoms. The second-order valence-electron chi connectivity index (χ2n) is 9.56. The van der Waals surface area contributed by atoms with Crippen LogP contribution in [0.1, 0.15) is 16.4 Å². The molecule has 212 valence electrons. The number of benzene rings is 3. The van der Waals surface area contributed by atoms with Crippen LogP contribution in [0.25, 0.3) is 0 Å². The number of nitro groups is 1. The molecule has 1 N–H and O–H groups in total. The molecule has 10 nitrogen and oxygen atoms in total. The van der Waals surface area contributed by atoms with Gasteiger partial charge < -0.3 is 5.32 Å². The predicted octanol–water partition coefficient (Wildman–Crippen LogP) is 4.53. The third-order valence-corrected chi connectivity index (χ3v) is 9.63. The first kappa shape index (κ1) is 27.5. The van der Waals surface area contributed by atoms with Gasteiger partial charge in [-0.15, -0.1) is 0 Å². The molecule has 1 saturated heterocycles. The minimum absolute atomic E-state index is 0.155. The second-order valence-corrected chi connectivity index (χ2v) is 11.7. The van der Waals surface area contributed by atoms with Crippen molar-refractivity contribution in [2.24, 2.45) is 5.92 Å². The largest absolute Gasteiger partial charge is 0.325 e. The van der Waals surface area contributed by atoms with Crippen LogP contribution in [0.15, 0.2) is 82.6 Å². The van der Waals surface area contributed by atoms with Crippen molar-refractivity contribution in [2.45, 2.75) is 22.7 Å². The van der Waals surface area contributed by atoms with E-state index >= 15 is 0 Å². The fourth-order valence-electron chi connectivity index (χ4n) is 5.14. The van der Waals surface area contributed by atoms with Crippen molar-refractivity contribution in [1.29, 1.82) is 0 Å². The highest BCUT2D eigenvalue weighted by Gasteiger charge is 2.56. The van der Waals surface area contributed by atoms with Crippen molar-refractivity contribution in [1.82, 2.24) is 4.57 Å². The Morgan fingerprint density at radius 1 is 0.905 bits per heavy atom. The number of nitrogens with one attached hydrogen (secondary N) is 1. The molecule has 14 heteroatoms. The summed E-state index contributed by atoms with van der Waals surface area (Å²) in [6, 6.07) is 15.5. The number of non-ortho nitro benzene ring substituents is 1. The zero-order valence-corrected chi connectivity index (χ0v) is 22.9. The molecule has 0 aliphatic carbocycles. The number of nitrogens with zero attached hydrogens (tertiary/aromatic N) is 3. The summed E-state index contributed by atoms with van der Waals surface area (Å²) in [6.07, 6.45) is 0. The summed E-state index contributed by atoms with van der Waals surface area (Å²) in [6.45, 7) is -0.406. The molecule has 0 spiro atoms. The first-order valence-corrected chi connectivity index (χ1v) is 14.2. The van der Waals surface area contributed by atoms with E-state index < -0.39 is 62.8 Å². The molecular weight excluding hydrogens is 590 g/mol. The van der Waals surface area contributed by atoms with Crippen molar-refractivity contribution in [2.75, 3.05) is 10.2 Å². The number of fused-ring (bicyclic) bond motifs is 2. The summed E-state index contributed by atoms with van der Waals surface area (Å²) in [4.78, 5) is 65.0. The van der Waals surface area contributed by atoms with Crippen LogP contribution in [0.5, 0.6) is 0 Å². The van der Waals surface area contributed by atoms with Gasteiger partial charge in [0.15, 0.2) is 0 Å². The Balaban J connectivity index is 1.39. The van der Waals surface area contributed by atoms with Gasteiger partial charge in [-0.3, -0.25) is 33.9 Å². The zero-order valence-electron chi connectivity index (χ0n) is 21.2. The smallest absolute Gasteiger partial charge is 0.308 e. The third kappa shape index (κ3) is 4.77. The molecule has 3 aromatic carbocycles. The first-order valence-electron chi connectivity index (χ1n) is 12.5. The molecule has 4 aromatic rings. The lowest BCUT2D eigenvalue weighted by atomic mass is 9.83. The van der Waals surface area contributed by atoms with E-state index in [2.05, 4.69) is 5.32 Å². The van der Waals surface area contributed by atoms with Gasteiger partial charge in [-0.2, -0.15) is 0 Å². The van der Waals surface area contributed by atoms with E-state index in [1.54, 1.807) is 0 Å². The molecule has 0 unspecified atom stereocenters. The molecule has 6 rings (SSSR count). The number of carbonyl (C=O) groups excluding carboxylic acids is 3. The van der Waals surface area contributed by atoms with Gasteiger partial charge in [0.2, 0.25) is 17.7 Å². The molecule has 1 fully saturated rings. The average Bonchev–Trinajstić information content (AvgIpc) is 3.41. The van der Waals surface area contributed by atoms with Crippen molar-refractivity contribution < 1.29 is 28.1 Å². The Hall–Kier alpha value is -4.69. The van der Waals surface area contributed by atoms with Crippen LogP contribution in [0, 0.1) is 27.7 Å². The monoisotopic (exact) mass is 608 g/mol. The van der Waals surface area contributed by atoms with E-state index in [-0.39, 0.29) is 11.4 Å². The number of amides is 3. The minimum atomic E-state index is -0.990. The number of halogens is 2. The lowest BCUT2D eigenvalue weighted by Crippen LogP contribution is -2.33. The summed E-state index contributed by atoms with van der Waals surface area (Å²) in [5.74, 6) is -4.46. The molecule has 3 amide bonds. The number of anilines is 2. The number of thiazole rings is 1. The lowest BCUT2D eigenvalue weighted by Gasteiger charge is -2.30. The van der Waals surface area contributed by atoms with Crippen molar-refractivity contribution in [3.05, 3.63) is 115 Å². The van der Waals surface area contributed by atoms with Gasteiger partial charge in [0, 0.05) is 28.6 Å². The Morgan fingerprint density at radius 3 is 2.14 bits per heavy atom. The number of hydrogen-bond acceptors (Lipinski definition) is 8. The molecule has 3 heterocycles. The van der Waals surface area contributed by atoms with Gasteiger partial charge in [0.1, 0.15) is 23.4 Å². The average molecular weight is 609 g/mol. The van der Waals surface area contributed by atoms with Crippen LogP contribution in [-0.2, 0) is 20.9 Å². The lowest BCUT2D eigenvalue weighted by molar-refractivity contribution is -0.384. The molecule has 2 aliphatic rings. The Labute approximate surface area is 243 Å². The van der Waals surface area contributed by atoms with Crippen LogP contribution in [0.3, 0.4) is 0 Å². The van der Waals surface area contributed by atoms with E-state index in [1.165, 1.54) is 77.4 Å². The predicted molar refractivity (Wildman–Crippen MR) is 151 cm³/mol. The fourth-order valence-corrected chi connectivity index (χ4v) is 7.91. The standard InChI is InChI=1S/C28H18F2N4O6S2/c29-15-3-1-14(2-4-15)21-22-23(26(37)33(25(22)36)18-9-11-19(12-10-18)34(39)40)41-27-24(21)42-28(38)32(27)13-20(35)31-17-7-5-16(30)6-8-17/h1-12,21-23H,13H2,(H,31,35)/t21-,22+,23-/m0/s1. The van der Waals surface area contributed by atoms with Crippen LogP contribution in [0.4, 0.5) is 25.8 Å². The third-order valence-electron chi connectivity index (χ3n) is 7.03. The van der Waals surface area contributed by atoms with Gasteiger partial charge >= 0.3 is 4.87 Å². The number of rotatable bonds is 6. The maximum atomic E-state index is 13.8. The van der Waals surface area contributed by atoms with E-state index in [0.29, 0.717) is 21.2 Å². The number of imide groups is 1. The van der Waals surface area contributed by atoms with E-state index in [4.69, 9.17) is 0 Å². The normalized spacial score (nSPS) is 19.4. The zero-order chi connectivity index (χ0) is 29.7. The molecule has 3 atom stereocenters. The second kappa shape index (κ2) is 10.6. The highest BCUT2D eigenvalue weighted by molar-refractivity contribution is 8.00.